The standard InChI is InChI=1S/C12H18NO5P/c1-4-17-19(16,18-5-2)11-8(3)9(12(14)15)6-7-10(11)13/h6-7H,4-5,13H2,1-3H3,(H,14,15). The first-order valence-corrected chi connectivity index (χ1v) is 7.43. The molecule has 0 aliphatic rings. The van der Waals surface area contributed by atoms with Crippen LogP contribution >= 0.6 is 7.60 Å². The van der Waals surface area contributed by atoms with Gasteiger partial charge in [-0.05, 0) is 38.5 Å². The SMILES string of the molecule is CCOP(=O)(OCC)c1c(N)ccc(C(=O)O)c1C. The molecule has 106 valence electrons. The van der Waals surface area contributed by atoms with Crippen molar-refractivity contribution in [2.45, 2.75) is 20.8 Å². The molecule has 0 aliphatic carbocycles. The van der Waals surface area contributed by atoms with Gasteiger partial charge in [0.15, 0.2) is 0 Å². The third kappa shape index (κ3) is 3.15. The number of benzene rings is 1. The van der Waals surface area contributed by atoms with Crippen LogP contribution in [0.5, 0.6) is 0 Å². The molecule has 0 spiro atoms. The average molecular weight is 287 g/mol. The molecule has 0 aliphatic heterocycles. The van der Waals surface area contributed by atoms with Gasteiger partial charge in [-0.2, -0.15) is 0 Å². The third-order valence-electron chi connectivity index (χ3n) is 2.56. The zero-order valence-corrected chi connectivity index (χ0v) is 12.1. The Bertz CT molecular complexity index is 519. The maximum Gasteiger partial charge on any atom is 0.363 e. The van der Waals surface area contributed by atoms with Crippen LogP contribution in [0.2, 0.25) is 0 Å². The van der Waals surface area contributed by atoms with Crippen LogP contribution in [0.15, 0.2) is 12.1 Å². The predicted octanol–water partition coefficient (Wildman–Crippen LogP) is 2.17. The van der Waals surface area contributed by atoms with Gasteiger partial charge < -0.3 is 19.9 Å². The largest absolute Gasteiger partial charge is 0.478 e. The molecule has 0 saturated heterocycles. The summed E-state index contributed by atoms with van der Waals surface area (Å²) in [5.74, 6) is -1.11. The second kappa shape index (κ2) is 6.19. The Morgan fingerprint density at radius 1 is 1.32 bits per heavy atom. The van der Waals surface area contributed by atoms with Crippen LogP contribution in [-0.2, 0) is 13.6 Å². The van der Waals surface area contributed by atoms with Gasteiger partial charge in [0.05, 0.1) is 24.1 Å². The summed E-state index contributed by atoms with van der Waals surface area (Å²) in [6, 6.07) is 2.77. The summed E-state index contributed by atoms with van der Waals surface area (Å²) < 4.78 is 23.1. The highest BCUT2D eigenvalue weighted by Crippen LogP contribution is 2.49. The highest BCUT2D eigenvalue weighted by Gasteiger charge is 2.32. The minimum Gasteiger partial charge on any atom is -0.478 e. The van der Waals surface area contributed by atoms with Crippen LogP contribution in [0.4, 0.5) is 5.69 Å². The van der Waals surface area contributed by atoms with Gasteiger partial charge >= 0.3 is 13.6 Å². The summed E-state index contributed by atoms with van der Waals surface area (Å²) in [5, 5.41) is 9.23. The minimum absolute atomic E-state index is 0.0313. The lowest BCUT2D eigenvalue weighted by Gasteiger charge is -2.21. The van der Waals surface area contributed by atoms with Crippen LogP contribution in [0.3, 0.4) is 0 Å². The van der Waals surface area contributed by atoms with E-state index < -0.39 is 13.6 Å². The quantitative estimate of drug-likeness (QED) is 0.614. The minimum atomic E-state index is -3.60. The molecule has 3 N–H and O–H groups in total. The Morgan fingerprint density at radius 3 is 2.26 bits per heavy atom. The Balaban J connectivity index is 3.50. The third-order valence-corrected chi connectivity index (χ3v) is 4.90. The molecule has 0 unspecified atom stereocenters. The number of hydrogen-bond donors (Lipinski definition) is 2. The molecule has 6 nitrogen and oxygen atoms in total. The average Bonchev–Trinajstić information content (AvgIpc) is 2.28. The molecule has 19 heavy (non-hydrogen) atoms. The molecule has 1 rings (SSSR count). The number of nitrogen functional groups attached to an aromatic ring is 1. The van der Waals surface area contributed by atoms with E-state index in [0.29, 0.717) is 5.56 Å². The lowest BCUT2D eigenvalue weighted by Crippen LogP contribution is -2.21. The summed E-state index contributed by atoms with van der Waals surface area (Å²) in [6.07, 6.45) is 0. The Morgan fingerprint density at radius 2 is 1.84 bits per heavy atom. The summed E-state index contributed by atoms with van der Waals surface area (Å²) in [5.41, 5.74) is 6.35. The second-order valence-corrected chi connectivity index (χ2v) is 5.77. The number of carbonyl (C=O) groups is 1. The highest BCUT2D eigenvalue weighted by molar-refractivity contribution is 7.62. The second-order valence-electron chi connectivity index (χ2n) is 3.81. The molecule has 1 aromatic rings. The number of carboxylic acid groups (broad SMARTS) is 1. The smallest absolute Gasteiger partial charge is 0.363 e. The van der Waals surface area contributed by atoms with Crippen LogP contribution in [0, 0.1) is 6.92 Å². The van der Waals surface area contributed by atoms with Gasteiger partial charge in [0.25, 0.3) is 0 Å². The zero-order chi connectivity index (χ0) is 14.6. The molecule has 0 saturated carbocycles. The van der Waals surface area contributed by atoms with Crippen LogP contribution in [-0.4, -0.2) is 24.3 Å². The molecule has 1 aromatic carbocycles. The van der Waals surface area contributed by atoms with E-state index in [9.17, 15) is 9.36 Å². The fraction of sp³-hybridized carbons (Fsp3) is 0.417. The number of nitrogens with two attached hydrogens (primary N) is 1. The van der Waals surface area contributed by atoms with Crippen LogP contribution < -0.4 is 11.0 Å². The maximum atomic E-state index is 12.7. The first-order valence-electron chi connectivity index (χ1n) is 5.89. The summed E-state index contributed by atoms with van der Waals surface area (Å²) >= 11 is 0. The van der Waals surface area contributed by atoms with Crippen molar-refractivity contribution in [3.05, 3.63) is 23.3 Å². The number of carboxylic acids is 1. The number of rotatable bonds is 6. The van der Waals surface area contributed by atoms with E-state index in [1.165, 1.54) is 12.1 Å². The van der Waals surface area contributed by atoms with Crippen molar-refractivity contribution in [3.63, 3.8) is 0 Å². The monoisotopic (exact) mass is 287 g/mol. The van der Waals surface area contributed by atoms with Gasteiger partial charge in [0.1, 0.15) is 0 Å². The van der Waals surface area contributed by atoms with E-state index in [2.05, 4.69) is 0 Å². The normalized spacial score (nSPS) is 11.5. The van der Waals surface area contributed by atoms with Crippen molar-refractivity contribution in [3.8, 4) is 0 Å². The number of hydrogen-bond acceptors (Lipinski definition) is 5. The first kappa shape index (κ1) is 15.7. The molecule has 7 heteroatoms. The number of anilines is 1. The van der Waals surface area contributed by atoms with Gasteiger partial charge in [-0.15, -0.1) is 0 Å². The molecule has 0 aromatic heterocycles. The maximum absolute atomic E-state index is 12.7. The highest BCUT2D eigenvalue weighted by atomic mass is 31.2. The number of aromatic carboxylic acids is 1. The molecule has 0 atom stereocenters. The Kier molecular flexibility index (Phi) is 5.11. The van der Waals surface area contributed by atoms with Gasteiger partial charge in [-0.1, -0.05) is 0 Å². The lowest BCUT2D eigenvalue weighted by atomic mass is 10.1. The van der Waals surface area contributed by atoms with Crippen LogP contribution in [0.1, 0.15) is 29.8 Å². The van der Waals surface area contributed by atoms with Crippen molar-refractivity contribution in [2.24, 2.45) is 0 Å². The fourth-order valence-corrected chi connectivity index (χ4v) is 3.76. The molecular weight excluding hydrogens is 269 g/mol. The lowest BCUT2D eigenvalue weighted by molar-refractivity contribution is 0.0696. The molecule has 0 heterocycles. The topological polar surface area (TPSA) is 98.9 Å². The van der Waals surface area contributed by atoms with Gasteiger partial charge in [0, 0.05) is 5.69 Å². The van der Waals surface area contributed by atoms with E-state index >= 15 is 0 Å². The summed E-state index contributed by atoms with van der Waals surface area (Å²) in [7, 11) is -3.60. The van der Waals surface area contributed by atoms with Crippen molar-refractivity contribution >= 4 is 24.6 Å². The first-order chi connectivity index (χ1) is 8.87. The molecule has 0 bridgehead atoms. The fourth-order valence-electron chi connectivity index (χ4n) is 1.82. The van der Waals surface area contributed by atoms with Gasteiger partial charge in [0.2, 0.25) is 0 Å². The molecule has 0 amide bonds. The summed E-state index contributed by atoms with van der Waals surface area (Å²) in [4.78, 5) is 11.1. The van der Waals surface area contributed by atoms with Crippen molar-refractivity contribution in [2.75, 3.05) is 18.9 Å². The van der Waals surface area contributed by atoms with Gasteiger partial charge in [-0.3, -0.25) is 4.57 Å². The predicted molar refractivity (Wildman–Crippen MR) is 73.0 cm³/mol. The van der Waals surface area contributed by atoms with Crippen molar-refractivity contribution < 1.29 is 23.5 Å². The molecular formula is C12H18NO5P. The van der Waals surface area contributed by atoms with E-state index in [4.69, 9.17) is 19.9 Å². The van der Waals surface area contributed by atoms with Gasteiger partial charge in [-0.25, -0.2) is 4.79 Å². The van der Waals surface area contributed by atoms with E-state index in [0.717, 1.165) is 0 Å². The Labute approximate surface area is 112 Å². The van der Waals surface area contributed by atoms with Crippen LogP contribution in [0.25, 0.3) is 0 Å². The van der Waals surface area contributed by atoms with Crippen molar-refractivity contribution in [1.29, 1.82) is 0 Å². The molecule has 0 radical (unpaired) electrons. The molecule has 0 fully saturated rings. The zero-order valence-electron chi connectivity index (χ0n) is 11.2. The van der Waals surface area contributed by atoms with E-state index in [1.807, 2.05) is 0 Å². The van der Waals surface area contributed by atoms with E-state index in [1.54, 1.807) is 20.8 Å². The van der Waals surface area contributed by atoms with Crippen molar-refractivity contribution in [1.82, 2.24) is 0 Å². The van der Waals surface area contributed by atoms with E-state index in [-0.39, 0.29) is 29.8 Å². The Hall–Kier alpha value is -1.36. The summed E-state index contributed by atoms with van der Waals surface area (Å²) in [6.45, 7) is 5.25.